The van der Waals surface area contributed by atoms with E-state index in [0.29, 0.717) is 0 Å². The lowest BCUT2D eigenvalue weighted by Crippen LogP contribution is -2.16. The van der Waals surface area contributed by atoms with Crippen LogP contribution in [0, 0.1) is 0 Å². The third-order valence-corrected chi connectivity index (χ3v) is 23.9. The molecule has 0 heterocycles. The molecule has 0 atom stereocenters. The largest absolute Gasteiger partial charge is 0.310 e. The molecule has 0 saturated heterocycles. The molecule has 476 valence electrons. The Balaban J connectivity index is 0.869. The molecular formula is C98H74N2. The zero-order chi connectivity index (χ0) is 67.3. The second-order valence-electron chi connectivity index (χ2n) is 30.8. The van der Waals surface area contributed by atoms with E-state index >= 15 is 0 Å². The second-order valence-corrected chi connectivity index (χ2v) is 30.8. The lowest BCUT2D eigenvalue weighted by molar-refractivity contribution is 0.660. The Hall–Kier alpha value is -11.6. The number of hydrogen-bond acceptors (Lipinski definition) is 2. The van der Waals surface area contributed by atoms with Gasteiger partial charge in [-0.2, -0.15) is 0 Å². The molecule has 0 N–H and O–H groups in total. The standard InChI is InChI=1S/C98H74N2/c1-95(2)84-34-22-21-33-73(84)74-44-38-70(57-90(74)95)99(66-28-11-9-12-29-66)68-39-45-77-82(55-68)92(64-35-42-75-80-49-60-24-15-17-26-62(60)51-88(80)97(5,6)86(75)53-64)78-46-40-69(56-83(78)93(77)65-36-43-76-81-50-61-25-16-18-27-63(61)52-89(81)98(7,8)87(76)54-65)100(67-30-13-10-14-31-67)71-41-47-79-91(58-71)96(3,4)85-48-37-59-23-19-20-32-72(59)94(79)85/h9-58H,1-8H3. The summed E-state index contributed by atoms with van der Waals surface area (Å²) in [7, 11) is 0. The van der Waals surface area contributed by atoms with Crippen molar-refractivity contribution in [3.05, 3.63) is 348 Å². The summed E-state index contributed by atoms with van der Waals surface area (Å²) >= 11 is 0. The third-order valence-electron chi connectivity index (χ3n) is 23.9. The molecule has 0 spiro atoms. The monoisotopic (exact) mass is 1280 g/mol. The van der Waals surface area contributed by atoms with Gasteiger partial charge < -0.3 is 9.80 Å². The topological polar surface area (TPSA) is 6.48 Å². The van der Waals surface area contributed by atoms with E-state index in [1.165, 1.54) is 165 Å². The number of hydrogen-bond donors (Lipinski definition) is 0. The number of benzene rings is 16. The first kappa shape index (κ1) is 58.6. The van der Waals surface area contributed by atoms with Gasteiger partial charge in [-0.1, -0.05) is 250 Å². The van der Waals surface area contributed by atoms with Gasteiger partial charge in [0.05, 0.1) is 0 Å². The molecule has 2 nitrogen and oxygen atoms in total. The zero-order valence-electron chi connectivity index (χ0n) is 57.8. The van der Waals surface area contributed by atoms with E-state index in [2.05, 4.69) is 369 Å². The highest BCUT2D eigenvalue weighted by atomic mass is 15.1. The maximum atomic E-state index is 2.56. The van der Waals surface area contributed by atoms with Gasteiger partial charge in [-0.15, -0.1) is 0 Å². The van der Waals surface area contributed by atoms with Crippen LogP contribution in [0.25, 0.3) is 121 Å². The Bertz CT molecular complexity index is 6220. The average molecular weight is 1280 g/mol. The molecule has 0 saturated carbocycles. The Kier molecular flexibility index (Phi) is 12.3. The molecular weight excluding hydrogens is 1210 g/mol. The van der Waals surface area contributed by atoms with E-state index in [1.807, 2.05) is 0 Å². The van der Waals surface area contributed by atoms with Crippen molar-refractivity contribution in [2.24, 2.45) is 0 Å². The van der Waals surface area contributed by atoms with Crippen LogP contribution in [0.3, 0.4) is 0 Å². The first-order valence-electron chi connectivity index (χ1n) is 35.6. The van der Waals surface area contributed by atoms with Gasteiger partial charge in [-0.25, -0.2) is 0 Å². The Morgan fingerprint density at radius 2 is 0.540 bits per heavy atom. The van der Waals surface area contributed by atoms with Crippen molar-refractivity contribution < 1.29 is 0 Å². The molecule has 16 aromatic rings. The van der Waals surface area contributed by atoms with Crippen LogP contribution >= 0.6 is 0 Å². The minimum absolute atomic E-state index is 0.186. The highest BCUT2D eigenvalue weighted by Crippen LogP contribution is 2.59. The number of anilines is 6. The van der Waals surface area contributed by atoms with Crippen LogP contribution in [0.1, 0.15) is 99.9 Å². The molecule has 0 fully saturated rings. The number of rotatable bonds is 8. The quantitative estimate of drug-likeness (QED) is 0.140. The molecule has 2 heteroatoms. The SMILES string of the molecule is CC1(C)c2ccccc2-c2ccc(N(c3ccccc3)c3ccc4c(-c5ccc6c(c5)C(C)(C)c5cc7ccccc7cc5-6)c5cc(N(c6ccccc6)c6ccc7c(c6)C(C)(C)c6ccc8ccccc8c6-7)ccc5c(-c5ccc6c(c5)C(C)(C)c5cc7ccccc7cc5-6)c4c3)cc21. The summed E-state index contributed by atoms with van der Waals surface area (Å²) in [4.78, 5) is 5.01. The predicted octanol–water partition coefficient (Wildman–Crippen LogP) is 27.0. The minimum Gasteiger partial charge on any atom is -0.310 e. The highest BCUT2D eigenvalue weighted by Gasteiger charge is 2.41. The molecule has 0 radical (unpaired) electrons. The van der Waals surface area contributed by atoms with Gasteiger partial charge >= 0.3 is 0 Å². The van der Waals surface area contributed by atoms with Crippen molar-refractivity contribution in [3.63, 3.8) is 0 Å². The van der Waals surface area contributed by atoms with Gasteiger partial charge in [-0.3, -0.25) is 0 Å². The van der Waals surface area contributed by atoms with Gasteiger partial charge in [0.1, 0.15) is 0 Å². The molecule has 0 amide bonds. The van der Waals surface area contributed by atoms with Crippen LogP contribution in [-0.2, 0) is 21.7 Å². The van der Waals surface area contributed by atoms with E-state index in [0.717, 1.165) is 34.1 Å². The van der Waals surface area contributed by atoms with Crippen molar-refractivity contribution in [1.82, 2.24) is 0 Å². The molecule has 4 aliphatic carbocycles. The maximum absolute atomic E-state index is 2.56. The lowest BCUT2D eigenvalue weighted by atomic mass is 9.79. The maximum Gasteiger partial charge on any atom is 0.0468 e. The normalized spacial score (nSPS) is 14.9. The van der Waals surface area contributed by atoms with Gasteiger partial charge in [0.2, 0.25) is 0 Å². The predicted molar refractivity (Wildman–Crippen MR) is 424 cm³/mol. The van der Waals surface area contributed by atoms with Crippen molar-refractivity contribution in [2.45, 2.75) is 77.0 Å². The van der Waals surface area contributed by atoms with Crippen molar-refractivity contribution >= 4 is 88.0 Å². The van der Waals surface area contributed by atoms with Crippen LogP contribution in [-0.4, -0.2) is 0 Å². The summed E-state index contributed by atoms with van der Waals surface area (Å²) < 4.78 is 0. The summed E-state index contributed by atoms with van der Waals surface area (Å²) in [5.41, 5.74) is 31.9. The van der Waals surface area contributed by atoms with Gasteiger partial charge in [0, 0.05) is 55.8 Å². The van der Waals surface area contributed by atoms with Crippen molar-refractivity contribution in [1.29, 1.82) is 0 Å². The van der Waals surface area contributed by atoms with Crippen LogP contribution in [0.2, 0.25) is 0 Å². The fourth-order valence-electron chi connectivity index (χ4n) is 18.8. The van der Waals surface area contributed by atoms with Gasteiger partial charge in [0.25, 0.3) is 0 Å². The van der Waals surface area contributed by atoms with Crippen LogP contribution < -0.4 is 9.80 Å². The van der Waals surface area contributed by atoms with Gasteiger partial charge in [-0.05, 0) is 274 Å². The Morgan fingerprint density at radius 1 is 0.180 bits per heavy atom. The first-order chi connectivity index (χ1) is 48.6. The lowest BCUT2D eigenvalue weighted by Gasteiger charge is -2.30. The van der Waals surface area contributed by atoms with E-state index in [9.17, 15) is 0 Å². The van der Waals surface area contributed by atoms with Crippen LogP contribution in [0.5, 0.6) is 0 Å². The molecule has 100 heavy (non-hydrogen) atoms. The van der Waals surface area contributed by atoms with E-state index in [-0.39, 0.29) is 21.7 Å². The van der Waals surface area contributed by atoms with E-state index < -0.39 is 0 Å². The molecule has 4 aliphatic rings. The smallest absolute Gasteiger partial charge is 0.0468 e. The second kappa shape index (κ2) is 21.0. The summed E-state index contributed by atoms with van der Waals surface area (Å²) in [6.45, 7) is 19.3. The molecule has 0 aliphatic heterocycles. The Labute approximate surface area is 585 Å². The minimum atomic E-state index is -0.269. The van der Waals surface area contributed by atoms with Crippen LogP contribution in [0.15, 0.2) is 303 Å². The van der Waals surface area contributed by atoms with E-state index in [4.69, 9.17) is 0 Å². The van der Waals surface area contributed by atoms with Crippen molar-refractivity contribution in [3.8, 4) is 66.8 Å². The molecule has 20 rings (SSSR count). The van der Waals surface area contributed by atoms with E-state index in [1.54, 1.807) is 0 Å². The number of para-hydroxylation sites is 2. The van der Waals surface area contributed by atoms with Gasteiger partial charge in [0.15, 0.2) is 0 Å². The highest BCUT2D eigenvalue weighted by molar-refractivity contribution is 6.23. The molecule has 16 aromatic carbocycles. The van der Waals surface area contributed by atoms with Crippen molar-refractivity contribution in [2.75, 3.05) is 9.80 Å². The van der Waals surface area contributed by atoms with Crippen LogP contribution in [0.4, 0.5) is 34.1 Å². The Morgan fingerprint density at radius 3 is 1.07 bits per heavy atom. The fraction of sp³-hybridized carbons (Fsp3) is 0.122. The molecule has 0 aromatic heterocycles. The summed E-state index contributed by atoms with van der Waals surface area (Å²) in [6.07, 6.45) is 0. The summed E-state index contributed by atoms with van der Waals surface area (Å²) in [5, 5.41) is 12.5. The fourth-order valence-corrected chi connectivity index (χ4v) is 18.8. The molecule has 0 unspecified atom stereocenters. The summed E-state index contributed by atoms with van der Waals surface area (Å²) in [5.74, 6) is 0. The third kappa shape index (κ3) is 8.31. The first-order valence-corrected chi connectivity index (χ1v) is 35.6. The summed E-state index contributed by atoms with van der Waals surface area (Å²) in [6, 6.07) is 116. The number of fused-ring (bicyclic) bond motifs is 18. The average Bonchev–Trinajstić information content (AvgIpc) is 1.35. The molecule has 0 bridgehead atoms. The zero-order valence-corrected chi connectivity index (χ0v) is 57.8. The number of nitrogens with zero attached hydrogens (tertiary/aromatic N) is 2.